The molecule has 1 amide bonds. The summed E-state index contributed by atoms with van der Waals surface area (Å²) in [5, 5.41) is 0.703. The first-order chi connectivity index (χ1) is 17.9. The van der Waals surface area contributed by atoms with E-state index in [1.54, 1.807) is 12.0 Å². The zero-order valence-corrected chi connectivity index (χ0v) is 25.0. The van der Waals surface area contributed by atoms with E-state index in [0.29, 0.717) is 34.7 Å². The second-order valence-corrected chi connectivity index (χ2v) is 11.4. The molecule has 1 aliphatic rings. The van der Waals surface area contributed by atoms with Gasteiger partial charge < -0.3 is 9.47 Å². The number of amidine groups is 1. The van der Waals surface area contributed by atoms with E-state index in [4.69, 9.17) is 14.5 Å². The molecule has 1 fully saturated rings. The van der Waals surface area contributed by atoms with Crippen molar-refractivity contribution >= 4 is 66.5 Å². The molecule has 0 saturated carbocycles. The largest absolute Gasteiger partial charge is 0.493 e. The Kier molecular flexibility index (Phi) is 9.51. The van der Waals surface area contributed by atoms with Crippen LogP contribution in [0.25, 0.3) is 6.08 Å². The van der Waals surface area contributed by atoms with Gasteiger partial charge in [-0.05, 0) is 94.6 Å². The number of carbonyl (C=O) groups excluding carboxylic acids is 1. The van der Waals surface area contributed by atoms with Gasteiger partial charge in [0.2, 0.25) is 0 Å². The lowest BCUT2D eigenvalue weighted by Gasteiger charge is -2.15. The number of methoxy groups -OCH3 is 1. The van der Waals surface area contributed by atoms with Crippen LogP contribution in [0.5, 0.6) is 11.5 Å². The Morgan fingerprint density at radius 2 is 1.78 bits per heavy atom. The molecule has 0 bridgehead atoms. The number of rotatable bonds is 9. The van der Waals surface area contributed by atoms with Crippen LogP contribution < -0.4 is 9.47 Å². The van der Waals surface area contributed by atoms with E-state index in [1.165, 1.54) is 17.3 Å². The normalized spacial score (nSPS) is 15.6. The van der Waals surface area contributed by atoms with Crippen LogP contribution in [0.2, 0.25) is 0 Å². The molecule has 4 rings (SSSR count). The highest BCUT2D eigenvalue weighted by atomic mass is 79.9. The van der Waals surface area contributed by atoms with Crippen LogP contribution in [-0.4, -0.2) is 29.6 Å². The lowest BCUT2D eigenvalue weighted by molar-refractivity contribution is -0.122. The molecule has 3 aromatic carbocycles. The van der Waals surface area contributed by atoms with E-state index >= 15 is 0 Å². The Morgan fingerprint density at radius 1 is 1.05 bits per heavy atom. The number of aliphatic imine (C=N–C) groups is 1. The maximum Gasteiger partial charge on any atom is 0.266 e. The first-order valence-corrected chi connectivity index (χ1v) is 14.4. The van der Waals surface area contributed by atoms with E-state index in [1.807, 2.05) is 73.7 Å². The van der Waals surface area contributed by atoms with Gasteiger partial charge in [-0.1, -0.05) is 59.1 Å². The number of aryl methyl sites for hydroxylation is 1. The Bertz CT molecular complexity index is 1320. The minimum absolute atomic E-state index is 0.0324. The molecule has 1 heterocycles. The summed E-state index contributed by atoms with van der Waals surface area (Å²) >= 11 is 8.48. The fourth-order valence-corrected chi connectivity index (χ4v) is 5.55. The number of carbonyl (C=O) groups is 1. The summed E-state index contributed by atoms with van der Waals surface area (Å²) in [6, 6.07) is 19.8. The molecule has 1 aliphatic heterocycles. The van der Waals surface area contributed by atoms with Crippen molar-refractivity contribution in [2.45, 2.75) is 33.3 Å². The number of benzene rings is 3. The Morgan fingerprint density at radius 3 is 2.46 bits per heavy atom. The molecule has 0 atom stereocenters. The number of halogens is 2. The molecule has 192 valence electrons. The minimum Gasteiger partial charge on any atom is -0.493 e. The third-order valence-electron chi connectivity index (χ3n) is 5.73. The zero-order chi connectivity index (χ0) is 26.4. The molecule has 0 spiro atoms. The molecule has 3 aromatic rings. The first kappa shape index (κ1) is 27.5. The van der Waals surface area contributed by atoms with Gasteiger partial charge in [0.25, 0.3) is 5.91 Å². The summed E-state index contributed by atoms with van der Waals surface area (Å²) in [6.45, 7) is 5.20. The van der Waals surface area contributed by atoms with Gasteiger partial charge in [0.05, 0.1) is 22.2 Å². The Hall–Kier alpha value is -2.55. The van der Waals surface area contributed by atoms with Crippen LogP contribution in [0.15, 0.2) is 79.5 Å². The number of unbranched alkanes of at least 4 members (excludes halogenated alkanes) is 1. The smallest absolute Gasteiger partial charge is 0.266 e. The number of hydrogen-bond acceptors (Lipinski definition) is 5. The summed E-state index contributed by atoms with van der Waals surface area (Å²) in [4.78, 5) is 20.5. The second kappa shape index (κ2) is 12.8. The van der Waals surface area contributed by atoms with E-state index in [-0.39, 0.29) is 5.91 Å². The quantitative estimate of drug-likeness (QED) is 0.219. The van der Waals surface area contributed by atoms with Gasteiger partial charge in [-0.3, -0.25) is 9.69 Å². The average Bonchev–Trinajstić information content (AvgIpc) is 3.17. The van der Waals surface area contributed by atoms with Crippen LogP contribution in [0.3, 0.4) is 0 Å². The standard InChI is InChI=1S/C29H28Br2N2O3S/c1-4-5-14-33-28(34)26(37-29(33)32-23-12-6-19(2)7-13-23)17-21-15-24(31)27(25(16-21)35-3)36-18-20-8-10-22(30)11-9-20/h6-13,15-17H,4-5,14,18H2,1-3H3/b26-17+,32-29?. The van der Waals surface area contributed by atoms with Crippen LogP contribution in [-0.2, 0) is 11.4 Å². The Labute approximate surface area is 239 Å². The minimum atomic E-state index is -0.0324. The molecule has 5 nitrogen and oxygen atoms in total. The van der Waals surface area contributed by atoms with Crippen molar-refractivity contribution in [2.24, 2.45) is 4.99 Å². The van der Waals surface area contributed by atoms with Crippen molar-refractivity contribution in [2.75, 3.05) is 13.7 Å². The van der Waals surface area contributed by atoms with Gasteiger partial charge >= 0.3 is 0 Å². The number of amides is 1. The van der Waals surface area contributed by atoms with Crippen LogP contribution in [0, 0.1) is 6.92 Å². The van der Waals surface area contributed by atoms with Gasteiger partial charge in [-0.25, -0.2) is 4.99 Å². The van der Waals surface area contributed by atoms with E-state index in [2.05, 4.69) is 38.8 Å². The molecule has 0 unspecified atom stereocenters. The predicted molar refractivity (Wildman–Crippen MR) is 160 cm³/mol. The molecule has 8 heteroatoms. The van der Waals surface area contributed by atoms with Crippen molar-refractivity contribution in [1.82, 2.24) is 4.90 Å². The van der Waals surface area contributed by atoms with Crippen molar-refractivity contribution in [1.29, 1.82) is 0 Å². The van der Waals surface area contributed by atoms with E-state index in [9.17, 15) is 4.79 Å². The summed E-state index contributed by atoms with van der Waals surface area (Å²) in [7, 11) is 1.61. The van der Waals surface area contributed by atoms with Gasteiger partial charge in [-0.15, -0.1) is 0 Å². The zero-order valence-electron chi connectivity index (χ0n) is 21.0. The van der Waals surface area contributed by atoms with Gasteiger partial charge in [0.15, 0.2) is 16.7 Å². The SMILES string of the molecule is CCCCN1C(=O)/C(=C\c2cc(Br)c(OCc3ccc(Br)cc3)c(OC)c2)SC1=Nc1ccc(C)cc1. The van der Waals surface area contributed by atoms with Gasteiger partial charge in [0, 0.05) is 11.0 Å². The number of hydrogen-bond donors (Lipinski definition) is 0. The first-order valence-electron chi connectivity index (χ1n) is 12.0. The third-order valence-corrected chi connectivity index (χ3v) is 7.85. The number of thioether (sulfide) groups is 1. The van der Waals surface area contributed by atoms with Crippen LogP contribution in [0.4, 0.5) is 5.69 Å². The summed E-state index contributed by atoms with van der Waals surface area (Å²) in [5.41, 5.74) is 3.89. The maximum atomic E-state index is 13.3. The maximum absolute atomic E-state index is 13.3. The molecule has 0 N–H and O–H groups in total. The highest BCUT2D eigenvalue weighted by Crippen LogP contribution is 2.40. The fourth-order valence-electron chi connectivity index (χ4n) is 3.69. The summed E-state index contributed by atoms with van der Waals surface area (Å²) < 4.78 is 13.5. The van der Waals surface area contributed by atoms with Gasteiger partial charge in [0.1, 0.15) is 6.61 Å². The molecule has 1 saturated heterocycles. The molecule has 0 radical (unpaired) electrons. The summed E-state index contributed by atoms with van der Waals surface area (Å²) in [6.07, 6.45) is 3.79. The molecule has 0 aromatic heterocycles. The Balaban J connectivity index is 1.59. The molecular weight excluding hydrogens is 616 g/mol. The summed E-state index contributed by atoms with van der Waals surface area (Å²) in [5.74, 6) is 1.17. The third kappa shape index (κ3) is 7.06. The molecule has 37 heavy (non-hydrogen) atoms. The lowest BCUT2D eigenvalue weighted by atomic mass is 10.1. The van der Waals surface area contributed by atoms with E-state index < -0.39 is 0 Å². The topological polar surface area (TPSA) is 51.1 Å². The lowest BCUT2D eigenvalue weighted by Crippen LogP contribution is -2.30. The average molecular weight is 644 g/mol. The van der Waals surface area contributed by atoms with Crippen LogP contribution >= 0.6 is 43.6 Å². The second-order valence-electron chi connectivity index (χ2n) is 8.60. The fraction of sp³-hybridized carbons (Fsp3) is 0.241. The van der Waals surface area contributed by atoms with Crippen molar-refractivity contribution in [3.63, 3.8) is 0 Å². The highest BCUT2D eigenvalue weighted by molar-refractivity contribution is 9.10. The number of ether oxygens (including phenoxy) is 2. The predicted octanol–water partition coefficient (Wildman–Crippen LogP) is 8.51. The van der Waals surface area contributed by atoms with Crippen LogP contribution in [0.1, 0.15) is 36.5 Å². The monoisotopic (exact) mass is 642 g/mol. The number of nitrogens with zero attached hydrogens (tertiary/aromatic N) is 2. The molecular formula is C29H28Br2N2O3S. The van der Waals surface area contributed by atoms with Crippen molar-refractivity contribution in [3.8, 4) is 11.5 Å². The molecule has 0 aliphatic carbocycles. The van der Waals surface area contributed by atoms with Gasteiger partial charge in [-0.2, -0.15) is 0 Å². The highest BCUT2D eigenvalue weighted by Gasteiger charge is 2.33. The van der Waals surface area contributed by atoms with E-state index in [0.717, 1.165) is 38.6 Å². The van der Waals surface area contributed by atoms with Crippen molar-refractivity contribution in [3.05, 3.63) is 91.2 Å². The van der Waals surface area contributed by atoms with Crippen molar-refractivity contribution < 1.29 is 14.3 Å².